The van der Waals surface area contributed by atoms with Crippen LogP contribution in [0.3, 0.4) is 0 Å². The number of anilines is 1. The molecule has 5 aromatic rings. The molecule has 0 aliphatic carbocycles. The molecule has 9 heteroatoms. The maximum Gasteiger partial charge on any atom is 0.488 e. The molecule has 2 aromatic heterocycles. The maximum atomic E-state index is 9.30. The van der Waals surface area contributed by atoms with Crippen molar-refractivity contribution in [2.75, 3.05) is 38.1 Å². The van der Waals surface area contributed by atoms with Crippen LogP contribution in [-0.4, -0.2) is 75.2 Å². The first-order chi connectivity index (χ1) is 16.5. The van der Waals surface area contributed by atoms with Gasteiger partial charge >= 0.3 is 7.12 Å². The summed E-state index contributed by atoms with van der Waals surface area (Å²) in [6.07, 6.45) is 0. The highest BCUT2D eigenvalue weighted by Gasteiger charge is 2.16. The van der Waals surface area contributed by atoms with Crippen LogP contribution in [-0.2, 0) is 0 Å². The van der Waals surface area contributed by atoms with Gasteiger partial charge in [-0.1, -0.05) is 24.3 Å². The lowest BCUT2D eigenvalue weighted by atomic mass is 9.26. The Morgan fingerprint density at radius 3 is 2.00 bits per heavy atom. The van der Waals surface area contributed by atoms with Crippen LogP contribution < -0.4 is 10.4 Å². The summed E-state index contributed by atoms with van der Waals surface area (Å²) in [4.78, 5) is 21.1. The Morgan fingerprint density at radius 2 is 1.32 bits per heavy atom. The van der Waals surface area contributed by atoms with Crippen LogP contribution in [0.5, 0.6) is 0 Å². The third-order valence-corrected chi connectivity index (χ3v) is 6.57. The van der Waals surface area contributed by atoms with Crippen LogP contribution in [0.4, 0.5) is 5.69 Å². The van der Waals surface area contributed by atoms with Gasteiger partial charge in [-0.3, -0.25) is 0 Å². The van der Waals surface area contributed by atoms with Gasteiger partial charge < -0.3 is 29.8 Å². The minimum Gasteiger partial charge on any atom is -0.423 e. The first-order valence-corrected chi connectivity index (χ1v) is 11.4. The summed E-state index contributed by atoms with van der Waals surface area (Å²) in [5.74, 6) is 1.55. The number of nitrogens with one attached hydrogen (secondary N) is 2. The van der Waals surface area contributed by atoms with Gasteiger partial charge in [-0.2, -0.15) is 0 Å². The second kappa shape index (κ2) is 8.29. The van der Waals surface area contributed by atoms with Crippen LogP contribution in [0.15, 0.2) is 60.7 Å². The summed E-state index contributed by atoms with van der Waals surface area (Å²) < 4.78 is 0. The summed E-state index contributed by atoms with van der Waals surface area (Å²) in [6.45, 7) is 4.22. The molecule has 0 unspecified atom stereocenters. The zero-order valence-corrected chi connectivity index (χ0v) is 18.9. The van der Waals surface area contributed by atoms with Crippen molar-refractivity contribution in [1.29, 1.82) is 0 Å². The summed E-state index contributed by atoms with van der Waals surface area (Å²) >= 11 is 0. The van der Waals surface area contributed by atoms with Crippen molar-refractivity contribution in [3.8, 4) is 22.8 Å². The molecule has 0 saturated carbocycles. The van der Waals surface area contributed by atoms with Crippen LogP contribution in [0.25, 0.3) is 44.8 Å². The van der Waals surface area contributed by atoms with Crippen molar-refractivity contribution in [3.63, 3.8) is 0 Å². The molecule has 1 fully saturated rings. The van der Waals surface area contributed by atoms with Crippen molar-refractivity contribution >= 4 is 40.3 Å². The Morgan fingerprint density at radius 1 is 0.735 bits per heavy atom. The van der Waals surface area contributed by atoms with Gasteiger partial charge in [0, 0.05) is 43.0 Å². The molecule has 170 valence electrons. The molecular formula is C25H25BN6O2. The van der Waals surface area contributed by atoms with E-state index in [0.717, 1.165) is 71.0 Å². The molecule has 0 spiro atoms. The monoisotopic (exact) mass is 451 g/mol. The molecule has 0 radical (unpaired) electrons. The quantitative estimate of drug-likeness (QED) is 0.313. The summed E-state index contributed by atoms with van der Waals surface area (Å²) in [6, 6.07) is 19.5. The normalized spacial score (nSPS) is 14.9. The topological polar surface area (TPSA) is 104 Å². The van der Waals surface area contributed by atoms with Crippen LogP contribution >= 0.6 is 0 Å². The molecule has 6 rings (SSSR count). The SMILES string of the molecule is CN1CCN(c2ccc3nc(-c4ccc5nc(-c6ccc([10B](O)O)cc6)[nH]c5c4)[nH]c3c2)CC1. The zero-order valence-electron chi connectivity index (χ0n) is 18.9. The van der Waals surface area contributed by atoms with E-state index in [1.54, 1.807) is 12.1 Å². The van der Waals surface area contributed by atoms with E-state index in [1.807, 2.05) is 24.3 Å². The fraction of sp³-hybridized carbons (Fsp3) is 0.200. The van der Waals surface area contributed by atoms with Gasteiger partial charge in [-0.05, 0) is 48.9 Å². The molecule has 1 aliphatic rings. The lowest BCUT2D eigenvalue weighted by molar-refractivity contribution is 0.313. The molecule has 3 aromatic carbocycles. The van der Waals surface area contributed by atoms with E-state index in [4.69, 9.17) is 4.98 Å². The lowest BCUT2D eigenvalue weighted by Gasteiger charge is -2.34. The molecule has 0 atom stereocenters. The van der Waals surface area contributed by atoms with Gasteiger partial charge in [-0.25, -0.2) is 9.97 Å². The van der Waals surface area contributed by atoms with Crippen molar-refractivity contribution in [2.24, 2.45) is 0 Å². The molecule has 34 heavy (non-hydrogen) atoms. The van der Waals surface area contributed by atoms with E-state index in [1.165, 1.54) is 5.69 Å². The number of hydrogen-bond donors (Lipinski definition) is 4. The Kier molecular flexibility index (Phi) is 5.10. The number of piperazine rings is 1. The number of aromatic nitrogens is 4. The minimum absolute atomic E-state index is 0.447. The highest BCUT2D eigenvalue weighted by Crippen LogP contribution is 2.28. The average molecular weight is 452 g/mol. The first kappa shape index (κ1) is 20.9. The molecule has 4 N–H and O–H groups in total. The molecule has 3 heterocycles. The standard InChI is InChI=1S/C25H25BN6O2/c1-31-10-12-32(13-11-31)19-7-9-21-23(15-19)30-25(28-21)17-4-8-20-22(14-17)29-24(27-20)16-2-5-18(6-3-16)26(33)34/h2-9,14-15,33-34H,10-13H2,1H3,(H,27,29)(H,28,30)/i26-1. The van der Waals surface area contributed by atoms with E-state index in [0.29, 0.717) is 5.46 Å². The predicted molar refractivity (Wildman–Crippen MR) is 136 cm³/mol. The van der Waals surface area contributed by atoms with Crippen LogP contribution in [0, 0.1) is 0 Å². The summed E-state index contributed by atoms with van der Waals surface area (Å²) in [5, 5.41) is 18.6. The fourth-order valence-electron chi connectivity index (χ4n) is 4.50. The Hall–Kier alpha value is -3.66. The van der Waals surface area contributed by atoms with Crippen molar-refractivity contribution in [3.05, 3.63) is 60.7 Å². The molecule has 0 bridgehead atoms. The number of benzene rings is 3. The van der Waals surface area contributed by atoms with Crippen LogP contribution in [0.2, 0.25) is 0 Å². The second-order valence-corrected chi connectivity index (χ2v) is 8.89. The first-order valence-electron chi connectivity index (χ1n) is 11.4. The number of H-pyrrole nitrogens is 2. The Balaban J connectivity index is 1.30. The van der Waals surface area contributed by atoms with E-state index in [9.17, 15) is 10.0 Å². The number of likely N-dealkylation sites (N-methyl/N-ethyl adjacent to an activating group) is 1. The molecule has 1 aliphatic heterocycles. The summed E-state index contributed by atoms with van der Waals surface area (Å²) in [5.41, 5.74) is 7.29. The predicted octanol–water partition coefficient (Wildman–Crippen LogP) is 2.20. The lowest BCUT2D eigenvalue weighted by Crippen LogP contribution is -2.44. The largest absolute Gasteiger partial charge is 0.488 e. The number of fused-ring (bicyclic) bond motifs is 2. The number of rotatable bonds is 4. The average Bonchev–Trinajstić information content (AvgIpc) is 3.48. The smallest absolute Gasteiger partial charge is 0.423 e. The van der Waals surface area contributed by atoms with Gasteiger partial charge in [-0.15, -0.1) is 0 Å². The number of hydrogen-bond acceptors (Lipinski definition) is 6. The molecule has 8 nitrogen and oxygen atoms in total. The van der Waals surface area contributed by atoms with E-state index in [2.05, 4.69) is 56.1 Å². The van der Waals surface area contributed by atoms with E-state index >= 15 is 0 Å². The van der Waals surface area contributed by atoms with Crippen molar-refractivity contribution < 1.29 is 10.0 Å². The Bertz CT molecular complexity index is 1470. The molecule has 1 saturated heterocycles. The zero-order chi connectivity index (χ0) is 23.2. The summed E-state index contributed by atoms with van der Waals surface area (Å²) in [7, 11) is 0.688. The maximum absolute atomic E-state index is 9.30. The van der Waals surface area contributed by atoms with Gasteiger partial charge in [0.25, 0.3) is 0 Å². The van der Waals surface area contributed by atoms with Gasteiger partial charge in [0.05, 0.1) is 22.1 Å². The van der Waals surface area contributed by atoms with Gasteiger partial charge in [0.2, 0.25) is 0 Å². The number of imidazole rings is 2. The molecular weight excluding hydrogens is 426 g/mol. The van der Waals surface area contributed by atoms with Gasteiger partial charge in [0.1, 0.15) is 11.6 Å². The van der Waals surface area contributed by atoms with Crippen molar-refractivity contribution in [2.45, 2.75) is 0 Å². The minimum atomic E-state index is -1.48. The van der Waals surface area contributed by atoms with E-state index < -0.39 is 7.12 Å². The highest BCUT2D eigenvalue weighted by atomic mass is 16.3. The highest BCUT2D eigenvalue weighted by molar-refractivity contribution is 6.58. The number of nitrogens with zero attached hydrogens (tertiary/aromatic N) is 4. The third kappa shape index (κ3) is 3.83. The number of aromatic amines is 2. The van der Waals surface area contributed by atoms with E-state index in [-0.39, 0.29) is 0 Å². The fourth-order valence-corrected chi connectivity index (χ4v) is 4.50. The Labute approximate surface area is 197 Å². The van der Waals surface area contributed by atoms with Crippen molar-refractivity contribution in [1.82, 2.24) is 24.8 Å². The second-order valence-electron chi connectivity index (χ2n) is 8.89. The third-order valence-electron chi connectivity index (χ3n) is 6.57. The van der Waals surface area contributed by atoms with Crippen LogP contribution in [0.1, 0.15) is 0 Å². The molecule has 0 amide bonds. The van der Waals surface area contributed by atoms with Gasteiger partial charge in [0.15, 0.2) is 0 Å².